The molecule has 84 valence electrons. The van der Waals surface area contributed by atoms with Crippen molar-refractivity contribution in [3.05, 3.63) is 23.3 Å². The van der Waals surface area contributed by atoms with Gasteiger partial charge in [-0.1, -0.05) is 5.56 Å². The van der Waals surface area contributed by atoms with Crippen LogP contribution in [0, 0.1) is 20.2 Å². The number of aromatic nitrogens is 2. The Morgan fingerprint density at radius 2 is 2.18 bits per heavy atom. The fraction of sp³-hybridized carbons (Fsp3) is 0.364. The van der Waals surface area contributed by atoms with Gasteiger partial charge in [0.05, 0.1) is 0 Å². The van der Waals surface area contributed by atoms with Gasteiger partial charge in [-0.2, -0.15) is 0 Å². The third-order valence-corrected chi connectivity index (χ3v) is 2.47. The van der Waals surface area contributed by atoms with Gasteiger partial charge in [-0.15, -0.1) is 0 Å². The zero-order valence-electron chi connectivity index (χ0n) is 10.4. The molecule has 1 amide bonds. The van der Waals surface area contributed by atoms with Gasteiger partial charge >= 0.3 is 51.4 Å². The van der Waals surface area contributed by atoms with Crippen molar-refractivity contribution in [2.45, 2.75) is 20.8 Å². The number of nitrogens with zero attached hydrogens (tertiary/aromatic N) is 2. The summed E-state index contributed by atoms with van der Waals surface area (Å²) in [4.78, 5) is 19.9. The average Bonchev–Trinajstić information content (AvgIpc) is 2.72. The first kappa shape index (κ1) is 14.8. The molecule has 6 heteroatoms. The minimum absolute atomic E-state index is 0. The number of carbonyl (C=O) groups excluding carboxylic acids is 1. The average molecular weight is 257 g/mol. The zero-order valence-corrected chi connectivity index (χ0v) is 13.5. The second-order valence-corrected chi connectivity index (χ2v) is 3.51. The van der Waals surface area contributed by atoms with Crippen LogP contribution in [0.2, 0.25) is 0 Å². The van der Waals surface area contributed by atoms with E-state index in [0.29, 0.717) is 17.6 Å². The molecule has 2 rings (SSSR count). The Labute approximate surface area is 142 Å². The van der Waals surface area contributed by atoms with Crippen LogP contribution in [-0.4, -0.2) is 22.4 Å². The number of pyridine rings is 1. The maximum Gasteiger partial charge on any atom is 1.00 e. The summed E-state index contributed by atoms with van der Waals surface area (Å²) in [5, 5.41) is 2.69. The van der Waals surface area contributed by atoms with E-state index in [1.807, 2.05) is 20.8 Å². The Kier molecular flexibility index (Phi) is 5.27. The van der Waals surface area contributed by atoms with Crippen molar-refractivity contribution in [2.24, 2.45) is 0 Å². The zero-order chi connectivity index (χ0) is 11.7. The number of hydrogen-bond acceptors (Lipinski definition) is 4. The molecule has 1 N–H and O–H groups in total. The molecule has 0 bridgehead atoms. The standard InChI is InChI=1S/C11H12N3O2.K/c1-4-12-11(15)9-10-8(13-5-16-10)6(2)7(3)14-9;/h4H2,1-3H3,(H,12,15);/q-1;+1. The van der Waals surface area contributed by atoms with E-state index < -0.39 is 0 Å². The Hall–Kier alpha value is -0.274. The molecule has 0 saturated carbocycles. The molecule has 2 heterocycles. The van der Waals surface area contributed by atoms with Crippen molar-refractivity contribution in [1.29, 1.82) is 0 Å². The molecule has 0 aromatic carbocycles. The molecule has 2 aromatic rings. The number of nitrogens with one attached hydrogen (secondary N) is 1. The van der Waals surface area contributed by atoms with Crippen molar-refractivity contribution < 1.29 is 60.6 Å². The number of carbonyl (C=O) groups is 1. The minimum Gasteiger partial charge on any atom is -0.571 e. The van der Waals surface area contributed by atoms with Crippen molar-refractivity contribution in [3.8, 4) is 0 Å². The van der Waals surface area contributed by atoms with Crippen LogP contribution in [0.25, 0.3) is 11.1 Å². The van der Waals surface area contributed by atoms with Crippen molar-refractivity contribution >= 4 is 17.0 Å². The number of amides is 1. The van der Waals surface area contributed by atoms with Crippen molar-refractivity contribution in [2.75, 3.05) is 6.54 Å². The normalized spacial score (nSPS) is 10.1. The fourth-order valence-corrected chi connectivity index (χ4v) is 1.50. The van der Waals surface area contributed by atoms with Gasteiger partial charge in [-0.05, 0) is 26.3 Å². The summed E-state index contributed by atoms with van der Waals surface area (Å²) in [6.07, 6.45) is 2.40. The van der Waals surface area contributed by atoms with E-state index >= 15 is 0 Å². The van der Waals surface area contributed by atoms with Crippen LogP contribution in [0.15, 0.2) is 4.42 Å². The largest absolute Gasteiger partial charge is 1.00 e. The summed E-state index contributed by atoms with van der Waals surface area (Å²) in [5.74, 6) is -0.249. The number of oxazole rings is 1. The molecular weight excluding hydrogens is 245 g/mol. The Bertz CT molecular complexity index is 551. The number of aryl methyl sites for hydroxylation is 2. The topological polar surface area (TPSA) is 68.0 Å². The van der Waals surface area contributed by atoms with Gasteiger partial charge in [0, 0.05) is 17.8 Å². The smallest absolute Gasteiger partial charge is 0.571 e. The number of hydrogen-bond donors (Lipinski definition) is 1. The van der Waals surface area contributed by atoms with E-state index in [0.717, 1.165) is 11.3 Å². The molecule has 0 atom stereocenters. The van der Waals surface area contributed by atoms with Gasteiger partial charge in [0.15, 0.2) is 0 Å². The van der Waals surface area contributed by atoms with Crippen molar-refractivity contribution in [3.63, 3.8) is 0 Å². The van der Waals surface area contributed by atoms with E-state index in [-0.39, 0.29) is 63.0 Å². The maximum atomic E-state index is 11.7. The van der Waals surface area contributed by atoms with Crippen LogP contribution >= 0.6 is 0 Å². The van der Waals surface area contributed by atoms with Gasteiger partial charge in [-0.25, -0.2) is 0 Å². The first-order chi connectivity index (χ1) is 7.65. The summed E-state index contributed by atoms with van der Waals surface area (Å²) in [6.45, 7) is 6.13. The molecule has 2 aromatic heterocycles. The predicted molar refractivity (Wildman–Crippen MR) is 58.1 cm³/mol. The Morgan fingerprint density at radius 3 is 2.82 bits per heavy atom. The molecule has 0 fully saturated rings. The fourth-order valence-electron chi connectivity index (χ4n) is 1.50. The maximum absolute atomic E-state index is 11.7. The molecule has 17 heavy (non-hydrogen) atoms. The van der Waals surface area contributed by atoms with E-state index in [1.54, 1.807) is 0 Å². The van der Waals surface area contributed by atoms with Gasteiger partial charge in [0.25, 0.3) is 5.91 Å². The molecule has 0 spiro atoms. The van der Waals surface area contributed by atoms with Crippen LogP contribution in [0.1, 0.15) is 28.7 Å². The van der Waals surface area contributed by atoms with Crippen LogP contribution in [0.4, 0.5) is 0 Å². The summed E-state index contributed by atoms with van der Waals surface area (Å²) in [6, 6.07) is 0. The van der Waals surface area contributed by atoms with E-state index in [2.05, 4.69) is 21.7 Å². The SMILES string of the molecule is CCNC(=O)c1nc(C)c(C)c2n[c-]oc12.[K+]. The van der Waals surface area contributed by atoms with Crippen LogP contribution < -0.4 is 56.7 Å². The second kappa shape index (κ2) is 6.06. The summed E-state index contributed by atoms with van der Waals surface area (Å²) < 4.78 is 5.09. The third kappa shape index (κ3) is 2.77. The summed E-state index contributed by atoms with van der Waals surface area (Å²) >= 11 is 0. The van der Waals surface area contributed by atoms with Crippen molar-refractivity contribution in [1.82, 2.24) is 15.3 Å². The summed E-state index contributed by atoms with van der Waals surface area (Å²) in [5.41, 5.74) is 3.00. The second-order valence-electron chi connectivity index (χ2n) is 3.51. The molecule has 0 aliphatic rings. The van der Waals surface area contributed by atoms with Gasteiger partial charge < -0.3 is 14.7 Å². The van der Waals surface area contributed by atoms with Crippen LogP contribution in [0.5, 0.6) is 0 Å². The van der Waals surface area contributed by atoms with Gasteiger partial charge in [-0.3, -0.25) is 9.78 Å². The van der Waals surface area contributed by atoms with Crippen LogP contribution in [0.3, 0.4) is 0 Å². The first-order valence-corrected chi connectivity index (χ1v) is 5.07. The molecule has 0 unspecified atom stereocenters. The number of rotatable bonds is 2. The third-order valence-electron chi connectivity index (χ3n) is 2.47. The Balaban J connectivity index is 0.00000144. The Morgan fingerprint density at radius 1 is 1.47 bits per heavy atom. The van der Waals surface area contributed by atoms with E-state index in [4.69, 9.17) is 4.42 Å². The van der Waals surface area contributed by atoms with Gasteiger partial charge in [0.1, 0.15) is 12.1 Å². The van der Waals surface area contributed by atoms with E-state index in [1.165, 1.54) is 0 Å². The van der Waals surface area contributed by atoms with E-state index in [9.17, 15) is 4.79 Å². The quantitative estimate of drug-likeness (QED) is 0.519. The predicted octanol–water partition coefficient (Wildman–Crippen LogP) is -1.61. The summed E-state index contributed by atoms with van der Waals surface area (Å²) in [7, 11) is 0. The molecular formula is C11H12KN3O2. The molecule has 0 saturated heterocycles. The number of fused-ring (bicyclic) bond motifs is 1. The first-order valence-electron chi connectivity index (χ1n) is 5.07. The minimum atomic E-state index is -0.249. The molecule has 5 nitrogen and oxygen atoms in total. The molecule has 0 aliphatic heterocycles. The monoisotopic (exact) mass is 257 g/mol. The molecule has 0 aliphatic carbocycles. The molecule has 0 radical (unpaired) electrons. The van der Waals surface area contributed by atoms with Gasteiger partial charge in [0.2, 0.25) is 0 Å². The van der Waals surface area contributed by atoms with Crippen LogP contribution in [-0.2, 0) is 0 Å².